The Morgan fingerprint density at radius 2 is 2.04 bits per heavy atom. The average molecular weight is 330 g/mol. The van der Waals surface area contributed by atoms with Gasteiger partial charge in [-0.3, -0.25) is 4.79 Å². The Morgan fingerprint density at radius 3 is 2.75 bits per heavy atom. The van der Waals surface area contributed by atoms with Gasteiger partial charge >= 0.3 is 6.16 Å². The molecule has 2 aromatic rings. The largest absolute Gasteiger partial charge is 0.513 e. The van der Waals surface area contributed by atoms with E-state index in [4.69, 9.17) is 14.0 Å². The molecule has 0 fully saturated rings. The first-order valence-electron chi connectivity index (χ1n) is 7.76. The van der Waals surface area contributed by atoms with Crippen LogP contribution in [0, 0.1) is 6.92 Å². The molecule has 7 nitrogen and oxygen atoms in total. The number of carbonyl (C=O) groups excluding carboxylic acids is 2. The van der Waals surface area contributed by atoms with Crippen LogP contribution in [0.25, 0.3) is 0 Å². The van der Waals surface area contributed by atoms with Crippen molar-refractivity contribution in [2.45, 2.75) is 26.8 Å². The van der Waals surface area contributed by atoms with Crippen LogP contribution in [0.2, 0.25) is 0 Å². The van der Waals surface area contributed by atoms with Crippen LogP contribution in [0.4, 0.5) is 4.79 Å². The summed E-state index contributed by atoms with van der Waals surface area (Å²) < 4.78 is 14.9. The highest BCUT2D eigenvalue weighted by Gasteiger charge is 2.26. The molecule has 7 heteroatoms. The van der Waals surface area contributed by atoms with Gasteiger partial charge in [-0.1, -0.05) is 5.16 Å². The predicted molar refractivity (Wildman–Crippen MR) is 83.8 cm³/mol. The molecule has 1 amide bonds. The van der Waals surface area contributed by atoms with Gasteiger partial charge in [0.05, 0.1) is 18.8 Å². The SMILES string of the molecule is CCOC(=O)Oc1ccc(C(=O)N2CCc3c(C)noc3C2)cc1. The number of aryl methyl sites for hydroxylation is 1. The molecule has 24 heavy (non-hydrogen) atoms. The first kappa shape index (κ1) is 16.0. The molecule has 0 atom stereocenters. The van der Waals surface area contributed by atoms with Gasteiger partial charge in [-0.25, -0.2) is 4.79 Å². The highest BCUT2D eigenvalue weighted by Crippen LogP contribution is 2.23. The highest BCUT2D eigenvalue weighted by molar-refractivity contribution is 5.94. The normalized spacial score (nSPS) is 13.3. The zero-order valence-electron chi connectivity index (χ0n) is 13.6. The van der Waals surface area contributed by atoms with E-state index in [1.165, 1.54) is 0 Å². The number of amides is 1. The third kappa shape index (κ3) is 3.24. The van der Waals surface area contributed by atoms with E-state index < -0.39 is 6.16 Å². The lowest BCUT2D eigenvalue weighted by Gasteiger charge is -2.25. The molecule has 2 heterocycles. The van der Waals surface area contributed by atoms with Gasteiger partial charge in [0.1, 0.15) is 5.75 Å². The topological polar surface area (TPSA) is 81.9 Å². The molecule has 126 valence electrons. The number of nitrogens with zero attached hydrogens (tertiary/aromatic N) is 2. The number of aromatic nitrogens is 1. The van der Waals surface area contributed by atoms with Gasteiger partial charge < -0.3 is 18.9 Å². The maximum atomic E-state index is 12.6. The van der Waals surface area contributed by atoms with Crippen molar-refractivity contribution in [2.75, 3.05) is 13.2 Å². The molecular weight excluding hydrogens is 312 g/mol. The second kappa shape index (κ2) is 6.74. The van der Waals surface area contributed by atoms with E-state index in [9.17, 15) is 9.59 Å². The molecule has 1 aliphatic heterocycles. The van der Waals surface area contributed by atoms with Crippen molar-refractivity contribution in [3.63, 3.8) is 0 Å². The summed E-state index contributed by atoms with van der Waals surface area (Å²) in [5, 5.41) is 3.95. The highest BCUT2D eigenvalue weighted by atomic mass is 16.7. The van der Waals surface area contributed by atoms with E-state index in [1.54, 1.807) is 36.1 Å². The summed E-state index contributed by atoms with van der Waals surface area (Å²) in [7, 11) is 0. The zero-order valence-corrected chi connectivity index (χ0v) is 13.6. The van der Waals surface area contributed by atoms with Crippen LogP contribution < -0.4 is 4.74 Å². The smallest absolute Gasteiger partial charge is 0.434 e. The van der Waals surface area contributed by atoms with Crippen LogP contribution in [-0.2, 0) is 17.7 Å². The lowest BCUT2D eigenvalue weighted by Crippen LogP contribution is -2.35. The van der Waals surface area contributed by atoms with E-state index in [0.29, 0.717) is 24.4 Å². The summed E-state index contributed by atoms with van der Waals surface area (Å²) in [5.41, 5.74) is 2.50. The fourth-order valence-corrected chi connectivity index (χ4v) is 2.64. The molecule has 3 rings (SSSR count). The molecule has 0 bridgehead atoms. The summed E-state index contributed by atoms with van der Waals surface area (Å²) in [6.07, 6.45) is -0.0266. The standard InChI is InChI=1S/C17H18N2O5/c1-3-22-17(21)23-13-6-4-12(5-7-13)16(20)19-9-8-14-11(2)18-24-15(14)10-19/h4-7H,3,8-10H2,1-2H3. The average Bonchev–Trinajstić information content (AvgIpc) is 2.96. The quantitative estimate of drug-likeness (QED) is 0.636. The Labute approximate surface area is 139 Å². The molecule has 0 saturated carbocycles. The number of carbonyl (C=O) groups is 2. The number of benzene rings is 1. The van der Waals surface area contributed by atoms with Crippen molar-refractivity contribution in [1.29, 1.82) is 0 Å². The van der Waals surface area contributed by atoms with E-state index in [-0.39, 0.29) is 12.5 Å². The number of rotatable bonds is 3. The maximum absolute atomic E-state index is 12.6. The molecule has 1 aliphatic rings. The molecular formula is C17H18N2O5. The van der Waals surface area contributed by atoms with Crippen LogP contribution in [0.3, 0.4) is 0 Å². The molecule has 0 saturated heterocycles. The van der Waals surface area contributed by atoms with Crippen molar-refractivity contribution < 1.29 is 23.6 Å². The minimum atomic E-state index is -0.763. The molecule has 1 aromatic carbocycles. The first-order chi connectivity index (χ1) is 11.6. The fraction of sp³-hybridized carbons (Fsp3) is 0.353. The fourth-order valence-electron chi connectivity index (χ4n) is 2.64. The van der Waals surface area contributed by atoms with E-state index in [0.717, 1.165) is 23.4 Å². The first-order valence-corrected chi connectivity index (χ1v) is 7.76. The molecule has 0 unspecified atom stereocenters. The Hall–Kier alpha value is -2.83. The Balaban J connectivity index is 1.66. The van der Waals surface area contributed by atoms with Crippen LogP contribution in [0.1, 0.15) is 34.3 Å². The third-order valence-electron chi connectivity index (χ3n) is 3.88. The van der Waals surface area contributed by atoms with Gasteiger partial charge in [-0.05, 0) is 44.5 Å². The van der Waals surface area contributed by atoms with Gasteiger partial charge in [0.2, 0.25) is 0 Å². The van der Waals surface area contributed by atoms with Crippen molar-refractivity contribution in [3.8, 4) is 5.75 Å². The van der Waals surface area contributed by atoms with Crippen LogP contribution in [-0.4, -0.2) is 35.3 Å². The molecule has 1 aromatic heterocycles. The summed E-state index contributed by atoms with van der Waals surface area (Å²) >= 11 is 0. The predicted octanol–water partition coefficient (Wildman–Crippen LogP) is 2.72. The number of ether oxygens (including phenoxy) is 2. The Bertz CT molecular complexity index is 751. The zero-order chi connectivity index (χ0) is 17.1. The van der Waals surface area contributed by atoms with Crippen molar-refractivity contribution in [3.05, 3.63) is 46.8 Å². The van der Waals surface area contributed by atoms with Crippen molar-refractivity contribution in [2.24, 2.45) is 0 Å². The molecule has 0 radical (unpaired) electrons. The van der Waals surface area contributed by atoms with Crippen molar-refractivity contribution in [1.82, 2.24) is 10.1 Å². The summed E-state index contributed by atoms with van der Waals surface area (Å²) in [6, 6.07) is 6.38. The van der Waals surface area contributed by atoms with E-state index in [2.05, 4.69) is 5.16 Å². The van der Waals surface area contributed by atoms with E-state index >= 15 is 0 Å². The number of hydrogen-bond donors (Lipinski definition) is 0. The maximum Gasteiger partial charge on any atom is 0.513 e. The summed E-state index contributed by atoms with van der Waals surface area (Å²) in [5.74, 6) is 0.976. The second-order valence-electron chi connectivity index (χ2n) is 5.46. The summed E-state index contributed by atoms with van der Waals surface area (Å²) in [6.45, 7) is 4.88. The molecule has 0 N–H and O–H groups in total. The minimum absolute atomic E-state index is 0.0996. The van der Waals surface area contributed by atoms with Gasteiger partial charge in [-0.2, -0.15) is 0 Å². The van der Waals surface area contributed by atoms with Gasteiger partial charge in [0.25, 0.3) is 5.91 Å². The van der Waals surface area contributed by atoms with Gasteiger partial charge in [-0.15, -0.1) is 0 Å². The van der Waals surface area contributed by atoms with Gasteiger partial charge in [0.15, 0.2) is 5.76 Å². The Morgan fingerprint density at radius 1 is 1.29 bits per heavy atom. The summed E-state index contributed by atoms with van der Waals surface area (Å²) in [4.78, 5) is 25.6. The second-order valence-corrected chi connectivity index (χ2v) is 5.46. The lowest BCUT2D eigenvalue weighted by molar-refractivity contribution is 0.0716. The minimum Gasteiger partial charge on any atom is -0.434 e. The van der Waals surface area contributed by atoms with Crippen LogP contribution in [0.15, 0.2) is 28.8 Å². The number of hydrogen-bond acceptors (Lipinski definition) is 6. The molecule has 0 aliphatic carbocycles. The van der Waals surface area contributed by atoms with Crippen LogP contribution in [0.5, 0.6) is 5.75 Å². The Kier molecular flexibility index (Phi) is 4.50. The number of fused-ring (bicyclic) bond motifs is 1. The van der Waals surface area contributed by atoms with Gasteiger partial charge in [0, 0.05) is 17.7 Å². The van der Waals surface area contributed by atoms with E-state index in [1.807, 2.05) is 6.92 Å². The third-order valence-corrected chi connectivity index (χ3v) is 3.88. The monoisotopic (exact) mass is 330 g/mol. The lowest BCUT2D eigenvalue weighted by atomic mass is 10.0. The molecule has 0 spiro atoms. The van der Waals surface area contributed by atoms with Crippen molar-refractivity contribution >= 4 is 12.1 Å². The van der Waals surface area contributed by atoms with Crippen LogP contribution >= 0.6 is 0 Å².